The van der Waals surface area contributed by atoms with Crippen LogP contribution in [0, 0.1) is 13.8 Å². The second kappa shape index (κ2) is 8.10. The quantitative estimate of drug-likeness (QED) is 0.587. The van der Waals surface area contributed by atoms with E-state index >= 15 is 0 Å². The number of amides is 1. The van der Waals surface area contributed by atoms with Crippen LogP contribution in [0.25, 0.3) is 0 Å². The van der Waals surface area contributed by atoms with Gasteiger partial charge in [0.15, 0.2) is 5.13 Å². The highest BCUT2D eigenvalue weighted by molar-refractivity contribution is 7.28. The fraction of sp³-hybridized carbons (Fsp3) is 0.444. The van der Waals surface area contributed by atoms with Gasteiger partial charge in [0.2, 0.25) is 0 Å². The first-order valence-corrected chi connectivity index (χ1v) is 10.3. The molecule has 1 atom stereocenters. The normalized spacial score (nSPS) is 14.1. The van der Waals surface area contributed by atoms with Crippen LogP contribution in [-0.2, 0) is 0 Å². The van der Waals surface area contributed by atoms with Crippen molar-refractivity contribution in [1.82, 2.24) is 9.99 Å². The van der Waals surface area contributed by atoms with Crippen LogP contribution in [0.4, 0.5) is 16.5 Å². The van der Waals surface area contributed by atoms with Gasteiger partial charge in [-0.05, 0) is 44.1 Å². The molecule has 0 saturated carbocycles. The fourth-order valence-corrected chi connectivity index (χ4v) is 4.46. The molecule has 1 aromatic carbocycles. The average molecular weight is 407 g/mol. The molecule has 0 bridgehead atoms. The van der Waals surface area contributed by atoms with E-state index in [4.69, 9.17) is 0 Å². The van der Waals surface area contributed by atoms with Crippen molar-refractivity contribution in [3.8, 4) is 0 Å². The first-order valence-electron chi connectivity index (χ1n) is 8.88. The number of hydrazine groups is 1. The Morgan fingerprint density at radius 2 is 1.96 bits per heavy atom. The van der Waals surface area contributed by atoms with Crippen molar-refractivity contribution in [2.45, 2.75) is 26.7 Å². The smallest absolute Gasteiger partial charge is 0.259 e. The Morgan fingerprint density at radius 1 is 1.30 bits per heavy atom. The van der Waals surface area contributed by atoms with E-state index < -0.39 is 0 Å². The zero-order valence-corrected chi connectivity index (χ0v) is 18.1. The summed E-state index contributed by atoms with van der Waals surface area (Å²) in [6.07, 6.45) is 2.23. The number of nitrogens with one attached hydrogen (secondary N) is 1. The van der Waals surface area contributed by atoms with Crippen LogP contribution in [0.15, 0.2) is 12.1 Å². The molecule has 2 N–H and O–H groups in total. The minimum absolute atomic E-state index is 0.219. The Hall–Kier alpha value is -1.73. The number of nitrogens with zero attached hydrogens (tertiary/aromatic N) is 4. The van der Waals surface area contributed by atoms with Gasteiger partial charge in [0.25, 0.3) is 5.91 Å². The molecule has 1 aromatic heterocycles. The van der Waals surface area contributed by atoms with Gasteiger partial charge in [-0.25, -0.2) is 9.99 Å². The first kappa shape index (κ1) is 20.0. The highest BCUT2D eigenvalue weighted by atomic mass is 32.1. The van der Waals surface area contributed by atoms with Crippen molar-refractivity contribution in [2.75, 3.05) is 42.6 Å². The van der Waals surface area contributed by atoms with Gasteiger partial charge in [0.1, 0.15) is 0 Å². The first-order chi connectivity index (χ1) is 12.8. The molecule has 2 heterocycles. The number of carbonyl (C=O) groups excluding carboxylic acids is 1. The maximum Gasteiger partial charge on any atom is 0.259 e. The van der Waals surface area contributed by atoms with Crippen molar-refractivity contribution in [3.05, 3.63) is 28.3 Å². The zero-order chi connectivity index (χ0) is 19.7. The second-order valence-corrected chi connectivity index (χ2v) is 8.70. The molecule has 1 unspecified atom stereocenters. The molecule has 1 saturated heterocycles. The molecule has 0 aliphatic carbocycles. The van der Waals surface area contributed by atoms with Crippen molar-refractivity contribution >= 4 is 48.3 Å². The van der Waals surface area contributed by atoms with Crippen molar-refractivity contribution < 1.29 is 10.0 Å². The summed E-state index contributed by atoms with van der Waals surface area (Å²) in [5, 5.41) is 17.3. The largest absolute Gasteiger partial charge is 0.370 e. The van der Waals surface area contributed by atoms with Crippen molar-refractivity contribution in [3.63, 3.8) is 0 Å². The minimum atomic E-state index is -0.219. The lowest BCUT2D eigenvalue weighted by Gasteiger charge is -2.28. The Kier molecular flexibility index (Phi) is 6.01. The van der Waals surface area contributed by atoms with E-state index in [1.165, 1.54) is 11.3 Å². The van der Waals surface area contributed by atoms with E-state index in [2.05, 4.69) is 24.4 Å². The maximum absolute atomic E-state index is 13.1. The standard InChI is InChI=1S/C18H26N5O2PS/c1-11-12(2)27-18(19-11)20-17(24)14-9-13(23(25)21(3)4)10-15(26)16(14)22-7-5-6-8-22/h9-10,25H,5-8,26H2,1-4H3,(H,19,20,24). The summed E-state index contributed by atoms with van der Waals surface area (Å²) >= 11 is 1.47. The van der Waals surface area contributed by atoms with Crippen LogP contribution >= 0.6 is 20.6 Å². The number of hydrogen-bond donors (Lipinski definition) is 2. The third-order valence-corrected chi connectivity index (χ3v) is 6.08. The van der Waals surface area contributed by atoms with Crippen molar-refractivity contribution in [1.29, 1.82) is 0 Å². The molecule has 2 aromatic rings. The van der Waals surface area contributed by atoms with Gasteiger partial charge in [-0.2, -0.15) is 5.17 Å². The number of aryl methyl sites for hydroxylation is 2. The molecule has 0 radical (unpaired) electrons. The third kappa shape index (κ3) is 4.24. The van der Waals surface area contributed by atoms with E-state index in [0.717, 1.165) is 52.7 Å². The summed E-state index contributed by atoms with van der Waals surface area (Å²) < 4.78 is 0. The van der Waals surface area contributed by atoms with Gasteiger partial charge >= 0.3 is 0 Å². The molecule has 1 fully saturated rings. The summed E-state index contributed by atoms with van der Waals surface area (Å²) in [7, 11) is 6.17. The summed E-state index contributed by atoms with van der Waals surface area (Å²) in [4.78, 5) is 20.8. The lowest BCUT2D eigenvalue weighted by atomic mass is 10.1. The predicted molar refractivity (Wildman–Crippen MR) is 115 cm³/mol. The van der Waals surface area contributed by atoms with E-state index in [9.17, 15) is 10.0 Å². The van der Waals surface area contributed by atoms with E-state index in [0.29, 0.717) is 16.4 Å². The average Bonchev–Trinajstić information content (AvgIpc) is 3.23. The topological polar surface area (TPSA) is 71.9 Å². The molecular weight excluding hydrogens is 381 g/mol. The molecule has 146 valence electrons. The van der Waals surface area contributed by atoms with Crippen LogP contribution in [-0.4, -0.2) is 48.3 Å². The van der Waals surface area contributed by atoms with Crippen LogP contribution < -0.4 is 20.7 Å². The molecule has 1 amide bonds. The molecule has 7 nitrogen and oxygen atoms in total. The fourth-order valence-electron chi connectivity index (χ4n) is 3.14. The van der Waals surface area contributed by atoms with Gasteiger partial charge in [0, 0.05) is 32.1 Å². The number of rotatable bonds is 5. The molecule has 1 aliphatic heterocycles. The molecule has 9 heteroatoms. The Labute approximate surface area is 166 Å². The van der Waals surface area contributed by atoms with E-state index in [1.54, 1.807) is 25.2 Å². The zero-order valence-electron chi connectivity index (χ0n) is 16.1. The minimum Gasteiger partial charge on any atom is -0.370 e. The summed E-state index contributed by atoms with van der Waals surface area (Å²) in [5.41, 5.74) is 2.89. The Morgan fingerprint density at radius 3 is 2.52 bits per heavy atom. The lowest BCUT2D eigenvalue weighted by molar-refractivity contribution is 0.102. The van der Waals surface area contributed by atoms with E-state index in [-0.39, 0.29) is 5.91 Å². The summed E-state index contributed by atoms with van der Waals surface area (Å²) in [6.45, 7) is 5.76. The molecular formula is C18H26N5O2PS. The number of thiazole rings is 1. The number of aromatic nitrogens is 1. The molecule has 27 heavy (non-hydrogen) atoms. The highest BCUT2D eigenvalue weighted by Gasteiger charge is 2.24. The van der Waals surface area contributed by atoms with Gasteiger partial charge in [-0.1, -0.05) is 0 Å². The van der Waals surface area contributed by atoms with Gasteiger partial charge in [0.05, 0.1) is 22.6 Å². The molecule has 0 spiro atoms. The molecule has 3 rings (SSSR count). The van der Waals surface area contributed by atoms with E-state index in [1.807, 2.05) is 19.9 Å². The summed E-state index contributed by atoms with van der Waals surface area (Å²) in [5.74, 6) is -0.219. The molecule has 1 aliphatic rings. The van der Waals surface area contributed by atoms with Crippen LogP contribution in [0.1, 0.15) is 33.8 Å². The monoisotopic (exact) mass is 407 g/mol. The number of carbonyl (C=O) groups is 1. The number of hydrogen-bond acceptors (Lipinski definition) is 7. The SMILES string of the molecule is Cc1nc(NC(=O)c2cc(N(O)N(C)C)cc(P)c2N2CCCC2)sc1C. The highest BCUT2D eigenvalue weighted by Crippen LogP contribution is 2.30. The van der Waals surface area contributed by atoms with Crippen LogP contribution in [0.2, 0.25) is 0 Å². The van der Waals surface area contributed by atoms with Crippen molar-refractivity contribution in [2.24, 2.45) is 0 Å². The van der Waals surface area contributed by atoms with Gasteiger partial charge in [-0.15, -0.1) is 20.6 Å². The number of benzene rings is 1. The van der Waals surface area contributed by atoms with Crippen LogP contribution in [0.5, 0.6) is 0 Å². The lowest BCUT2D eigenvalue weighted by Crippen LogP contribution is -2.35. The predicted octanol–water partition coefficient (Wildman–Crippen LogP) is 2.79. The Balaban J connectivity index is 2.02. The Bertz CT molecular complexity index is 829. The maximum atomic E-state index is 13.1. The summed E-state index contributed by atoms with van der Waals surface area (Å²) in [6, 6.07) is 3.59. The van der Waals surface area contributed by atoms with Gasteiger partial charge < -0.3 is 4.90 Å². The van der Waals surface area contributed by atoms with Crippen LogP contribution in [0.3, 0.4) is 0 Å². The number of anilines is 3. The van der Waals surface area contributed by atoms with Gasteiger partial charge in [-0.3, -0.25) is 15.3 Å². The third-order valence-electron chi connectivity index (χ3n) is 4.65. The second-order valence-electron chi connectivity index (χ2n) is 6.88.